The van der Waals surface area contributed by atoms with Crippen LogP contribution < -0.4 is 5.73 Å². The summed E-state index contributed by atoms with van der Waals surface area (Å²) in [5, 5.41) is 4.33. The lowest BCUT2D eigenvalue weighted by Crippen LogP contribution is -2.44. The van der Waals surface area contributed by atoms with E-state index in [0.29, 0.717) is 43.3 Å². The first-order valence-electron chi connectivity index (χ1n) is 11.3. The highest BCUT2D eigenvalue weighted by Crippen LogP contribution is 2.38. The second-order valence-electron chi connectivity index (χ2n) is 9.44. The zero-order valence-corrected chi connectivity index (χ0v) is 19.1. The van der Waals surface area contributed by atoms with Gasteiger partial charge in [0.15, 0.2) is 0 Å². The molecule has 172 valence electrons. The van der Waals surface area contributed by atoms with Crippen molar-refractivity contribution in [3.63, 3.8) is 0 Å². The molecule has 1 aliphatic heterocycles. The summed E-state index contributed by atoms with van der Waals surface area (Å²) in [7, 11) is 3.49. The number of aryl methyl sites for hydroxylation is 1. The summed E-state index contributed by atoms with van der Waals surface area (Å²) in [5.74, 6) is 0.963. The summed E-state index contributed by atoms with van der Waals surface area (Å²) in [6, 6.07) is 3.64. The number of hydrogen-bond acceptors (Lipinski definition) is 7. The van der Waals surface area contributed by atoms with Gasteiger partial charge < -0.3 is 20.1 Å². The Labute approximate surface area is 188 Å². The Kier molecular flexibility index (Phi) is 6.17. The van der Waals surface area contributed by atoms with Crippen molar-refractivity contribution < 1.29 is 14.1 Å². The minimum atomic E-state index is -0.754. The molecule has 9 heteroatoms. The molecule has 4 rings (SSSR count). The summed E-state index contributed by atoms with van der Waals surface area (Å²) in [5.41, 5.74) is 6.85. The number of likely N-dealkylation sites (tertiary alicyclic amines) is 1. The molecule has 2 N–H and O–H groups in total. The Bertz CT molecular complexity index is 977. The summed E-state index contributed by atoms with van der Waals surface area (Å²) < 4.78 is 5.69. The van der Waals surface area contributed by atoms with Crippen LogP contribution in [0.5, 0.6) is 0 Å². The van der Waals surface area contributed by atoms with Gasteiger partial charge in [-0.2, -0.15) is 0 Å². The summed E-state index contributed by atoms with van der Waals surface area (Å²) in [4.78, 5) is 37.8. The predicted octanol–water partition coefficient (Wildman–Crippen LogP) is 2.57. The van der Waals surface area contributed by atoms with E-state index in [1.807, 2.05) is 6.07 Å². The van der Waals surface area contributed by atoms with Crippen molar-refractivity contribution in [2.24, 2.45) is 5.41 Å². The number of nitrogens with zero attached hydrogens (tertiary/aromatic N) is 5. The minimum absolute atomic E-state index is 0.0122. The van der Waals surface area contributed by atoms with E-state index < -0.39 is 5.41 Å². The quantitative estimate of drug-likeness (QED) is 0.759. The summed E-state index contributed by atoms with van der Waals surface area (Å²) >= 11 is 0. The zero-order valence-electron chi connectivity index (χ0n) is 19.1. The fraction of sp³-hybridized carbons (Fsp3) is 0.609. The van der Waals surface area contributed by atoms with Gasteiger partial charge in [0.25, 0.3) is 5.91 Å². The van der Waals surface area contributed by atoms with E-state index in [2.05, 4.69) is 15.1 Å². The standard InChI is InChI=1S/C23H32N6O3/c1-15-11-19(26-22(24)25-15)20(30)29-10-9-23(14-29,21(31)28(2)3)13-17-12-18(27-32-17)16-7-5-4-6-8-16/h11-12,16H,4-10,13-14H2,1-3H3,(H2,24,25,26). The predicted molar refractivity (Wildman–Crippen MR) is 119 cm³/mol. The second-order valence-corrected chi connectivity index (χ2v) is 9.44. The van der Waals surface area contributed by atoms with E-state index in [-0.39, 0.29) is 23.5 Å². The van der Waals surface area contributed by atoms with E-state index in [0.717, 1.165) is 18.5 Å². The van der Waals surface area contributed by atoms with Crippen molar-refractivity contribution >= 4 is 17.8 Å². The van der Waals surface area contributed by atoms with Gasteiger partial charge in [-0.05, 0) is 32.3 Å². The molecule has 0 spiro atoms. The Morgan fingerprint density at radius 1 is 1.22 bits per heavy atom. The van der Waals surface area contributed by atoms with E-state index in [9.17, 15) is 9.59 Å². The maximum absolute atomic E-state index is 13.3. The van der Waals surface area contributed by atoms with Gasteiger partial charge in [-0.15, -0.1) is 0 Å². The van der Waals surface area contributed by atoms with Crippen molar-refractivity contribution in [2.75, 3.05) is 32.9 Å². The third kappa shape index (κ3) is 4.47. The summed E-state index contributed by atoms with van der Waals surface area (Å²) in [6.45, 7) is 2.53. The molecule has 2 aliphatic rings. The normalized spacial score (nSPS) is 21.7. The van der Waals surface area contributed by atoms with Crippen LogP contribution in [0.3, 0.4) is 0 Å². The maximum Gasteiger partial charge on any atom is 0.272 e. The monoisotopic (exact) mass is 440 g/mol. The largest absolute Gasteiger partial charge is 0.368 e. The van der Waals surface area contributed by atoms with Gasteiger partial charge >= 0.3 is 0 Å². The first kappa shape index (κ1) is 22.2. The Balaban J connectivity index is 1.55. The first-order valence-corrected chi connectivity index (χ1v) is 11.3. The fourth-order valence-corrected chi connectivity index (χ4v) is 5.11. The van der Waals surface area contributed by atoms with Gasteiger partial charge in [-0.3, -0.25) is 9.59 Å². The molecule has 1 aliphatic carbocycles. The number of rotatable bonds is 5. The van der Waals surface area contributed by atoms with Crippen LogP contribution in [-0.4, -0.2) is 63.9 Å². The first-order chi connectivity index (χ1) is 15.3. The van der Waals surface area contributed by atoms with Crippen LogP contribution in [-0.2, 0) is 11.2 Å². The second kappa shape index (κ2) is 8.88. The van der Waals surface area contributed by atoms with Crippen LogP contribution in [0.2, 0.25) is 0 Å². The Hall–Kier alpha value is -2.97. The van der Waals surface area contributed by atoms with Crippen LogP contribution >= 0.6 is 0 Å². The van der Waals surface area contributed by atoms with Gasteiger partial charge in [-0.25, -0.2) is 9.97 Å². The molecule has 2 aromatic rings. The number of nitrogens with two attached hydrogens (primary N) is 1. The van der Waals surface area contributed by atoms with E-state index in [4.69, 9.17) is 10.3 Å². The Morgan fingerprint density at radius 3 is 2.66 bits per heavy atom. The molecule has 9 nitrogen and oxygen atoms in total. The van der Waals surface area contributed by atoms with Crippen LogP contribution in [0.1, 0.15) is 72.1 Å². The van der Waals surface area contributed by atoms with Crippen LogP contribution in [0.15, 0.2) is 16.7 Å². The average molecular weight is 441 g/mol. The number of carbonyl (C=O) groups is 2. The molecule has 32 heavy (non-hydrogen) atoms. The van der Waals surface area contributed by atoms with Crippen molar-refractivity contribution in [2.45, 2.75) is 57.8 Å². The lowest BCUT2D eigenvalue weighted by Gasteiger charge is -2.30. The Morgan fingerprint density at radius 2 is 1.97 bits per heavy atom. The number of anilines is 1. The van der Waals surface area contributed by atoms with Gasteiger partial charge in [-0.1, -0.05) is 24.4 Å². The summed E-state index contributed by atoms with van der Waals surface area (Å²) in [6.07, 6.45) is 6.96. The fourth-order valence-electron chi connectivity index (χ4n) is 5.11. The molecule has 1 atom stereocenters. The average Bonchev–Trinajstić information content (AvgIpc) is 3.41. The molecule has 1 unspecified atom stereocenters. The molecule has 1 saturated carbocycles. The van der Waals surface area contributed by atoms with Gasteiger partial charge in [0.1, 0.15) is 11.5 Å². The third-order valence-corrected chi connectivity index (χ3v) is 6.70. The van der Waals surface area contributed by atoms with Crippen molar-refractivity contribution in [1.82, 2.24) is 24.9 Å². The molecule has 1 saturated heterocycles. The van der Waals surface area contributed by atoms with Gasteiger partial charge in [0, 0.05) is 51.3 Å². The maximum atomic E-state index is 13.3. The van der Waals surface area contributed by atoms with Crippen LogP contribution in [0, 0.1) is 12.3 Å². The molecule has 2 fully saturated rings. The molecule has 2 amide bonds. The van der Waals surface area contributed by atoms with Crippen molar-refractivity contribution in [3.8, 4) is 0 Å². The van der Waals surface area contributed by atoms with E-state index >= 15 is 0 Å². The lowest BCUT2D eigenvalue weighted by atomic mass is 9.80. The van der Waals surface area contributed by atoms with Gasteiger partial charge in [0.05, 0.1) is 11.1 Å². The number of hydrogen-bond donors (Lipinski definition) is 1. The third-order valence-electron chi connectivity index (χ3n) is 6.70. The molecule has 3 heterocycles. The van der Waals surface area contributed by atoms with E-state index in [1.54, 1.807) is 36.9 Å². The molecular weight excluding hydrogens is 408 g/mol. The molecule has 0 bridgehead atoms. The van der Waals surface area contributed by atoms with Crippen molar-refractivity contribution in [1.29, 1.82) is 0 Å². The number of aromatic nitrogens is 3. The van der Waals surface area contributed by atoms with Gasteiger partial charge in [0.2, 0.25) is 11.9 Å². The van der Waals surface area contributed by atoms with Crippen molar-refractivity contribution in [3.05, 3.63) is 35.0 Å². The minimum Gasteiger partial charge on any atom is -0.368 e. The highest BCUT2D eigenvalue weighted by atomic mass is 16.5. The molecular formula is C23H32N6O3. The highest BCUT2D eigenvalue weighted by Gasteiger charge is 2.48. The molecule has 0 radical (unpaired) electrons. The number of carbonyl (C=O) groups excluding carboxylic acids is 2. The zero-order chi connectivity index (χ0) is 22.9. The van der Waals surface area contributed by atoms with Crippen LogP contribution in [0.25, 0.3) is 0 Å². The smallest absolute Gasteiger partial charge is 0.272 e. The lowest BCUT2D eigenvalue weighted by molar-refractivity contribution is -0.139. The number of nitrogen functional groups attached to an aromatic ring is 1. The van der Waals surface area contributed by atoms with E-state index in [1.165, 1.54) is 19.3 Å². The molecule has 0 aromatic carbocycles. The number of amides is 2. The molecule has 2 aromatic heterocycles. The highest BCUT2D eigenvalue weighted by molar-refractivity contribution is 5.94. The van der Waals surface area contributed by atoms with Crippen LogP contribution in [0.4, 0.5) is 5.95 Å². The SMILES string of the molecule is Cc1cc(C(=O)N2CCC(Cc3cc(C4CCCCC4)no3)(C(=O)N(C)C)C2)nc(N)n1. The topological polar surface area (TPSA) is 118 Å².